The second-order valence-corrected chi connectivity index (χ2v) is 8.94. The number of amides is 1. The summed E-state index contributed by atoms with van der Waals surface area (Å²) in [6.07, 6.45) is -3.46. The van der Waals surface area contributed by atoms with Crippen LogP contribution < -0.4 is 10.2 Å². The minimum atomic E-state index is -4.25. The monoisotopic (exact) mass is 504 g/mol. The van der Waals surface area contributed by atoms with Crippen molar-refractivity contribution in [1.82, 2.24) is 5.32 Å². The smallest absolute Gasteiger partial charge is 0.316 e. The van der Waals surface area contributed by atoms with E-state index < -0.39 is 11.7 Å². The summed E-state index contributed by atoms with van der Waals surface area (Å²) in [5.41, 5.74) is 3.16. The molecule has 0 spiro atoms. The average Bonchev–Trinajstić information content (AvgIpc) is 3.21. The number of aryl methyl sites for hydroxylation is 1. The minimum Gasteiger partial charge on any atom is -0.316 e. The molecule has 1 heterocycles. The van der Waals surface area contributed by atoms with Gasteiger partial charge in [-0.2, -0.15) is 13.2 Å². The van der Waals surface area contributed by atoms with Gasteiger partial charge in [0.05, 0.1) is 11.3 Å². The molecule has 1 aliphatic heterocycles. The van der Waals surface area contributed by atoms with Gasteiger partial charge in [0.2, 0.25) is 5.91 Å². The van der Waals surface area contributed by atoms with Crippen LogP contribution in [-0.4, -0.2) is 25.0 Å². The van der Waals surface area contributed by atoms with Crippen molar-refractivity contribution >= 4 is 29.6 Å². The molecule has 9 heteroatoms. The Hall–Kier alpha value is -3.17. The van der Waals surface area contributed by atoms with Gasteiger partial charge in [-0.25, -0.2) is 4.39 Å². The van der Waals surface area contributed by atoms with E-state index in [1.54, 1.807) is 48.3 Å². The summed E-state index contributed by atoms with van der Waals surface area (Å²) in [6.45, 7) is 2.32. The molecule has 184 valence electrons. The Bertz CT molecular complexity index is 1180. The van der Waals surface area contributed by atoms with Crippen molar-refractivity contribution in [2.45, 2.75) is 25.0 Å². The average molecular weight is 505 g/mol. The molecular formula is C26H24F4N2O2S. The number of carbonyl (C=O) groups excluding carboxylic acids is 2. The number of hydrogen-bond donors (Lipinski definition) is 1. The summed E-state index contributed by atoms with van der Waals surface area (Å²) in [4.78, 5) is 24.9. The lowest BCUT2D eigenvalue weighted by atomic mass is 10.1. The highest BCUT2D eigenvalue weighted by Crippen LogP contribution is 2.42. The standard InChI is InChI=1S/C17H14FNO2S.C9H10F3N/c1-11-8-12(9-20)2-7-15(11)19-16(21)10-22-17(19)13-3-5-14(18)6-4-13;1-13-6-7-3-2-4-8(5-7)9(10,11)12/h2-9,17H,10H2,1H3;2-5,13H,6H2,1H3. The Morgan fingerprint density at radius 3 is 2.40 bits per heavy atom. The van der Waals surface area contributed by atoms with Crippen molar-refractivity contribution < 1.29 is 27.2 Å². The molecule has 1 N–H and O–H groups in total. The zero-order valence-corrected chi connectivity index (χ0v) is 19.9. The number of hydrogen-bond acceptors (Lipinski definition) is 4. The Kier molecular flexibility index (Phi) is 8.69. The van der Waals surface area contributed by atoms with Gasteiger partial charge in [0.1, 0.15) is 17.5 Å². The van der Waals surface area contributed by atoms with Crippen LogP contribution in [0.2, 0.25) is 0 Å². The number of anilines is 1. The fourth-order valence-electron chi connectivity index (χ4n) is 3.64. The number of halogens is 4. The van der Waals surface area contributed by atoms with Crippen molar-refractivity contribution in [3.63, 3.8) is 0 Å². The highest BCUT2D eigenvalue weighted by Gasteiger charge is 2.34. The predicted molar refractivity (Wildman–Crippen MR) is 130 cm³/mol. The molecule has 4 rings (SSSR count). The number of carbonyl (C=O) groups is 2. The van der Waals surface area contributed by atoms with Crippen LogP contribution in [0.25, 0.3) is 0 Å². The third-order valence-corrected chi connectivity index (χ3v) is 6.49. The van der Waals surface area contributed by atoms with Crippen molar-refractivity contribution in [1.29, 1.82) is 0 Å². The fourth-order valence-corrected chi connectivity index (χ4v) is 4.81. The van der Waals surface area contributed by atoms with Crippen LogP contribution >= 0.6 is 11.8 Å². The molecule has 4 nitrogen and oxygen atoms in total. The summed E-state index contributed by atoms with van der Waals surface area (Å²) >= 11 is 1.52. The Labute approximate surface area is 205 Å². The molecule has 1 unspecified atom stereocenters. The number of aldehydes is 1. The van der Waals surface area contributed by atoms with E-state index in [4.69, 9.17) is 0 Å². The summed E-state index contributed by atoms with van der Waals surface area (Å²) in [5.74, 6) is 0.106. The highest BCUT2D eigenvalue weighted by molar-refractivity contribution is 8.00. The summed E-state index contributed by atoms with van der Waals surface area (Å²) in [7, 11) is 1.69. The van der Waals surface area contributed by atoms with Crippen molar-refractivity contribution in [2.24, 2.45) is 0 Å². The lowest BCUT2D eigenvalue weighted by Crippen LogP contribution is -2.28. The number of rotatable bonds is 5. The second kappa shape index (κ2) is 11.5. The molecule has 1 aliphatic rings. The Morgan fingerprint density at radius 2 is 1.80 bits per heavy atom. The topological polar surface area (TPSA) is 49.4 Å². The Morgan fingerprint density at radius 1 is 1.09 bits per heavy atom. The molecule has 3 aromatic rings. The van der Waals surface area contributed by atoms with E-state index >= 15 is 0 Å². The molecule has 35 heavy (non-hydrogen) atoms. The maximum absolute atomic E-state index is 13.1. The van der Waals surface area contributed by atoms with Crippen LogP contribution in [0, 0.1) is 12.7 Å². The zero-order chi connectivity index (χ0) is 25.6. The van der Waals surface area contributed by atoms with Crippen molar-refractivity contribution in [2.75, 3.05) is 17.7 Å². The first-order valence-electron chi connectivity index (χ1n) is 10.7. The molecule has 1 amide bonds. The van der Waals surface area contributed by atoms with Gasteiger partial charge in [-0.05, 0) is 67.1 Å². The van der Waals surface area contributed by atoms with Crippen LogP contribution in [0.5, 0.6) is 0 Å². The summed E-state index contributed by atoms with van der Waals surface area (Å²) in [6, 6.07) is 16.8. The maximum atomic E-state index is 13.1. The van der Waals surface area contributed by atoms with Gasteiger partial charge in [0.15, 0.2) is 0 Å². The van der Waals surface area contributed by atoms with Gasteiger partial charge in [0.25, 0.3) is 0 Å². The van der Waals surface area contributed by atoms with Gasteiger partial charge in [-0.3, -0.25) is 14.5 Å². The first-order chi connectivity index (χ1) is 16.6. The molecule has 0 radical (unpaired) electrons. The lowest BCUT2D eigenvalue weighted by Gasteiger charge is -2.26. The molecule has 1 atom stereocenters. The summed E-state index contributed by atoms with van der Waals surface area (Å²) in [5, 5.41) is 2.62. The van der Waals surface area contributed by atoms with Gasteiger partial charge in [0, 0.05) is 17.8 Å². The minimum absolute atomic E-state index is 0.0151. The number of thioether (sulfide) groups is 1. The van der Waals surface area contributed by atoms with E-state index in [2.05, 4.69) is 5.32 Å². The van der Waals surface area contributed by atoms with Crippen molar-refractivity contribution in [3.05, 3.63) is 100 Å². The predicted octanol–water partition coefficient (Wildman–Crippen LogP) is 6.15. The number of nitrogens with zero attached hydrogens (tertiary/aromatic N) is 1. The summed E-state index contributed by atoms with van der Waals surface area (Å²) < 4.78 is 49.7. The molecule has 0 saturated carbocycles. The van der Waals surface area contributed by atoms with Crippen LogP contribution in [0.3, 0.4) is 0 Å². The second-order valence-electron chi connectivity index (χ2n) is 7.87. The van der Waals surface area contributed by atoms with Crippen LogP contribution in [0.15, 0.2) is 66.7 Å². The zero-order valence-electron chi connectivity index (χ0n) is 19.1. The molecule has 3 aromatic carbocycles. The quantitative estimate of drug-likeness (QED) is 0.335. The third-order valence-electron chi connectivity index (χ3n) is 5.27. The first-order valence-corrected chi connectivity index (χ1v) is 11.7. The largest absolute Gasteiger partial charge is 0.416 e. The van der Waals surface area contributed by atoms with Crippen LogP contribution in [-0.2, 0) is 17.5 Å². The van der Waals surface area contributed by atoms with E-state index in [0.29, 0.717) is 23.4 Å². The maximum Gasteiger partial charge on any atom is 0.416 e. The van der Waals surface area contributed by atoms with Crippen LogP contribution in [0.1, 0.15) is 38.0 Å². The molecule has 0 bridgehead atoms. The van der Waals surface area contributed by atoms with Gasteiger partial charge < -0.3 is 5.32 Å². The molecule has 1 fully saturated rings. The van der Waals surface area contributed by atoms with Gasteiger partial charge >= 0.3 is 6.18 Å². The first kappa shape index (κ1) is 26.4. The van der Waals surface area contributed by atoms with Gasteiger partial charge in [-0.1, -0.05) is 30.3 Å². The van der Waals surface area contributed by atoms with Gasteiger partial charge in [-0.15, -0.1) is 11.8 Å². The number of benzene rings is 3. The van der Waals surface area contributed by atoms with E-state index in [0.717, 1.165) is 35.2 Å². The third kappa shape index (κ3) is 6.70. The van der Waals surface area contributed by atoms with Crippen LogP contribution in [0.4, 0.5) is 23.2 Å². The lowest BCUT2D eigenvalue weighted by molar-refractivity contribution is -0.137. The number of nitrogens with one attached hydrogen (secondary N) is 1. The van der Waals surface area contributed by atoms with E-state index in [1.165, 1.54) is 30.0 Å². The number of alkyl halides is 3. The Balaban J connectivity index is 0.000000225. The van der Waals surface area contributed by atoms with E-state index in [9.17, 15) is 27.2 Å². The molecular weight excluding hydrogens is 480 g/mol. The molecule has 0 aromatic heterocycles. The fraction of sp³-hybridized carbons (Fsp3) is 0.231. The van der Waals surface area contributed by atoms with E-state index in [1.807, 2.05) is 6.92 Å². The SMILES string of the molecule is CNCc1cccc(C(F)(F)F)c1.Cc1cc(C=O)ccc1N1C(=O)CSC1c1ccc(F)cc1. The van der Waals surface area contributed by atoms with Crippen molar-refractivity contribution in [3.8, 4) is 0 Å². The molecule has 0 aliphatic carbocycles. The highest BCUT2D eigenvalue weighted by atomic mass is 32.2. The van der Waals surface area contributed by atoms with E-state index in [-0.39, 0.29) is 17.1 Å². The normalized spacial score (nSPS) is 15.5. The molecule has 1 saturated heterocycles.